The lowest BCUT2D eigenvalue weighted by Crippen LogP contribution is -1.84. The molecule has 2 saturated carbocycles. The summed E-state index contributed by atoms with van der Waals surface area (Å²) in [5, 5.41) is 10.7. The molecule has 4 heteroatoms. The number of aryl methyl sites for hydroxylation is 18. The summed E-state index contributed by atoms with van der Waals surface area (Å²) in [4.78, 5) is 16.3. The monoisotopic (exact) mass is 1430 g/mol. The van der Waals surface area contributed by atoms with Gasteiger partial charge in [-0.1, -0.05) is 316 Å². The molecule has 16 rings (SSSR count). The Labute approximate surface area is 653 Å². The Kier molecular flexibility index (Phi) is 39.5. The molecule has 0 N–H and O–H groups in total. The van der Waals surface area contributed by atoms with Gasteiger partial charge in [-0.15, -0.1) is 0 Å². The maximum absolute atomic E-state index is 4.08. The Hall–Kier alpha value is -10.2. The van der Waals surface area contributed by atoms with Crippen LogP contribution in [0.3, 0.4) is 0 Å². The standard InChI is InChI=1S/C16H14.C12H12.C10H8.3C8H10.4C7H9N.2C7H14/c1-11-3-5-13-10-16-8-12(2)4-6-14(16)9-15(13)7-11;1-9-7-8-10(2)12-6-4-3-5-11(9)12;1-2-6-10-8-4-3-7-9(10)5-1;3*1-7-3-5-8(2)6-4-7;4*1-6-3-4-7(2)8-5-6;2*1-6-3-4-7(2)5-6/h3-10H,1-2H3;3-8H,1-2H3;1-8H;3*3-6H,1-2H3;4*3-5H,1-2H3;2*6-7H,3-5H2,1-2H3. The molecule has 564 valence electrons. The predicted molar refractivity (Wildman–Crippen MR) is 475 cm³/mol. The lowest BCUT2D eigenvalue weighted by atomic mass is 10.0. The van der Waals surface area contributed by atoms with Crippen molar-refractivity contribution in [3.8, 4) is 0 Å². The topological polar surface area (TPSA) is 51.6 Å². The van der Waals surface area contributed by atoms with Gasteiger partial charge in [0.2, 0.25) is 0 Å². The molecule has 14 aromatic rings. The Morgan fingerprint density at radius 2 is 0.407 bits per heavy atom. The SMILES string of the molecule is CC1CCC(C)C1.CC1CCC(C)C1.Cc1ccc(C)c2ccccc12.Cc1ccc(C)cc1.Cc1ccc(C)cc1.Cc1ccc(C)cc1.Cc1ccc(C)nc1.Cc1ccc(C)nc1.Cc1ccc(C)nc1.Cc1ccc(C)nc1.Cc1ccc2cc3cc(C)ccc3cc2c1.c1ccc2ccccc2c1. The molecule has 2 aliphatic carbocycles. The molecular formula is C104H128N4. The summed E-state index contributed by atoms with van der Waals surface area (Å²) < 4.78 is 0. The van der Waals surface area contributed by atoms with Gasteiger partial charge in [0, 0.05) is 47.6 Å². The van der Waals surface area contributed by atoms with Crippen LogP contribution in [-0.2, 0) is 0 Å². The molecule has 0 bridgehead atoms. The molecule has 4 nitrogen and oxygen atoms in total. The minimum atomic E-state index is 1.02. The van der Waals surface area contributed by atoms with Crippen LogP contribution in [0, 0.1) is 148 Å². The number of hydrogen-bond donors (Lipinski definition) is 0. The molecule has 0 saturated heterocycles. The highest BCUT2D eigenvalue weighted by Crippen LogP contribution is 2.30. The van der Waals surface area contributed by atoms with Crippen LogP contribution in [0.25, 0.3) is 43.1 Å². The lowest BCUT2D eigenvalue weighted by molar-refractivity contribution is 0.555. The average molecular weight is 1430 g/mol. The quantitative estimate of drug-likeness (QED) is 0.142. The van der Waals surface area contributed by atoms with E-state index in [0.29, 0.717) is 0 Å². The third kappa shape index (κ3) is 36.4. The van der Waals surface area contributed by atoms with Gasteiger partial charge in [-0.25, -0.2) is 0 Å². The number of pyridine rings is 4. The van der Waals surface area contributed by atoms with Gasteiger partial charge < -0.3 is 0 Å². The van der Waals surface area contributed by atoms with E-state index in [1.165, 1.54) is 160 Å². The highest BCUT2D eigenvalue weighted by atomic mass is 14.7. The van der Waals surface area contributed by atoms with Crippen molar-refractivity contribution < 1.29 is 0 Å². The fourth-order valence-corrected chi connectivity index (χ4v) is 12.0. The third-order valence-electron chi connectivity index (χ3n) is 18.9. The second-order valence-corrected chi connectivity index (χ2v) is 30.6. The van der Waals surface area contributed by atoms with Crippen LogP contribution in [0.1, 0.15) is 167 Å². The van der Waals surface area contributed by atoms with Crippen LogP contribution in [0.2, 0.25) is 0 Å². The van der Waals surface area contributed by atoms with E-state index in [-0.39, 0.29) is 0 Å². The summed E-state index contributed by atoms with van der Waals surface area (Å²) in [6.07, 6.45) is 16.3. The van der Waals surface area contributed by atoms with Gasteiger partial charge in [0.15, 0.2) is 0 Å². The van der Waals surface area contributed by atoms with Crippen LogP contribution in [0.15, 0.2) is 280 Å². The molecule has 0 amide bonds. The number of fused-ring (bicyclic) bond motifs is 4. The molecule has 4 aromatic heterocycles. The van der Waals surface area contributed by atoms with E-state index in [1.807, 2.05) is 104 Å². The zero-order valence-corrected chi connectivity index (χ0v) is 69.9. The molecule has 0 aliphatic heterocycles. The average Bonchev–Trinajstić information content (AvgIpc) is 0.926. The molecule has 0 radical (unpaired) electrons. The minimum absolute atomic E-state index is 1.02. The summed E-state index contributed by atoms with van der Waals surface area (Å²) >= 11 is 0. The van der Waals surface area contributed by atoms with Crippen molar-refractivity contribution in [1.29, 1.82) is 0 Å². The molecule has 4 heterocycles. The number of benzene rings is 10. The first-order valence-electron chi connectivity index (χ1n) is 39.0. The van der Waals surface area contributed by atoms with E-state index in [2.05, 4.69) is 347 Å². The smallest absolute Gasteiger partial charge is 0.0372 e. The van der Waals surface area contributed by atoms with Crippen molar-refractivity contribution >= 4 is 43.1 Å². The van der Waals surface area contributed by atoms with Crippen molar-refractivity contribution in [2.24, 2.45) is 23.7 Å². The first-order chi connectivity index (χ1) is 51.6. The third-order valence-corrected chi connectivity index (χ3v) is 18.9. The predicted octanol–water partition coefficient (Wildman–Crippen LogP) is 29.5. The Bertz CT molecular complexity index is 4010. The zero-order valence-electron chi connectivity index (χ0n) is 69.9. The van der Waals surface area contributed by atoms with Crippen LogP contribution in [-0.4, -0.2) is 19.9 Å². The molecule has 10 aromatic carbocycles. The van der Waals surface area contributed by atoms with Gasteiger partial charge in [-0.2, -0.15) is 0 Å². The second kappa shape index (κ2) is 48.2. The zero-order chi connectivity index (χ0) is 78.9. The van der Waals surface area contributed by atoms with Crippen molar-refractivity contribution in [1.82, 2.24) is 19.9 Å². The van der Waals surface area contributed by atoms with Crippen LogP contribution in [0.4, 0.5) is 0 Å². The van der Waals surface area contributed by atoms with E-state index >= 15 is 0 Å². The minimum Gasteiger partial charge on any atom is -0.261 e. The lowest BCUT2D eigenvalue weighted by Gasteiger charge is -2.04. The van der Waals surface area contributed by atoms with Crippen molar-refractivity contribution in [3.63, 3.8) is 0 Å². The summed E-state index contributed by atoms with van der Waals surface area (Å²) in [6, 6.07) is 89.1. The van der Waals surface area contributed by atoms with Gasteiger partial charge in [0.05, 0.1) is 0 Å². The van der Waals surface area contributed by atoms with E-state index in [9.17, 15) is 0 Å². The molecule has 0 spiro atoms. The number of rotatable bonds is 0. The van der Waals surface area contributed by atoms with E-state index < -0.39 is 0 Å². The van der Waals surface area contributed by atoms with Crippen LogP contribution < -0.4 is 0 Å². The summed E-state index contributed by atoms with van der Waals surface area (Å²) in [6.45, 7) is 46.6. The molecular weight excluding hydrogens is 1310 g/mol. The van der Waals surface area contributed by atoms with Crippen molar-refractivity contribution in [2.75, 3.05) is 0 Å². The Morgan fingerprint density at radius 3 is 0.602 bits per heavy atom. The number of aromatic nitrogens is 4. The molecule has 4 atom stereocenters. The van der Waals surface area contributed by atoms with E-state index in [0.717, 1.165) is 46.4 Å². The normalized spacial score (nSPS) is 14.0. The van der Waals surface area contributed by atoms with Crippen LogP contribution in [0.5, 0.6) is 0 Å². The highest BCUT2D eigenvalue weighted by Gasteiger charge is 2.17. The van der Waals surface area contributed by atoms with Gasteiger partial charge in [0.25, 0.3) is 0 Å². The first-order valence-corrected chi connectivity index (χ1v) is 39.0. The first kappa shape index (κ1) is 88.5. The molecule has 2 fully saturated rings. The summed E-state index contributed by atoms with van der Waals surface area (Å²) in [5.74, 6) is 4.09. The molecule has 4 unspecified atom stereocenters. The maximum atomic E-state index is 4.08. The van der Waals surface area contributed by atoms with Crippen LogP contribution >= 0.6 is 0 Å². The number of nitrogens with zero attached hydrogens (tertiary/aromatic N) is 4. The van der Waals surface area contributed by atoms with Gasteiger partial charge >= 0.3 is 0 Å². The number of hydrogen-bond acceptors (Lipinski definition) is 4. The largest absolute Gasteiger partial charge is 0.261 e. The van der Waals surface area contributed by atoms with E-state index in [4.69, 9.17) is 0 Å². The maximum Gasteiger partial charge on any atom is 0.0372 e. The summed E-state index contributed by atoms with van der Waals surface area (Å²) in [5.41, 5.74) is 22.5. The molecule has 108 heavy (non-hydrogen) atoms. The molecule has 2 aliphatic rings. The van der Waals surface area contributed by atoms with Gasteiger partial charge in [-0.3, -0.25) is 19.9 Å². The fraction of sp³-hybridized carbons (Fsp3) is 0.308. The van der Waals surface area contributed by atoms with Gasteiger partial charge in [0.1, 0.15) is 0 Å². The van der Waals surface area contributed by atoms with Gasteiger partial charge in [-0.05, 0) is 274 Å². The summed E-state index contributed by atoms with van der Waals surface area (Å²) in [7, 11) is 0. The van der Waals surface area contributed by atoms with E-state index in [1.54, 1.807) is 0 Å². The second-order valence-electron chi connectivity index (χ2n) is 30.6. The fourth-order valence-electron chi connectivity index (χ4n) is 12.0. The van der Waals surface area contributed by atoms with Crippen molar-refractivity contribution in [3.05, 3.63) is 380 Å². The Morgan fingerprint density at radius 1 is 0.194 bits per heavy atom. The van der Waals surface area contributed by atoms with Crippen molar-refractivity contribution in [2.45, 2.75) is 191 Å². The highest BCUT2D eigenvalue weighted by molar-refractivity contribution is 5.98. The Balaban J connectivity index is 0.000000213.